The molecule has 0 aliphatic rings. The lowest BCUT2D eigenvalue weighted by Crippen LogP contribution is -2.02. The van der Waals surface area contributed by atoms with Crippen molar-refractivity contribution in [3.63, 3.8) is 0 Å². The van der Waals surface area contributed by atoms with Gasteiger partial charge in [-0.3, -0.25) is 19.9 Å². The van der Waals surface area contributed by atoms with E-state index in [1.54, 1.807) is 12.4 Å². The van der Waals surface area contributed by atoms with Crippen LogP contribution in [0.1, 0.15) is 13.8 Å². The number of hydrogen-bond acceptors (Lipinski definition) is 6. The Morgan fingerprint density at radius 1 is 0.355 bits per heavy atom. The Balaban J connectivity index is 1.10. The standard InChI is InChI=1S/C56H42N4O2/c1-3-61-55-47(39-23-19-37(20-24-39)43-27-29-51(59-35-43)49-17-9-11-31-57-49)33-41-13-5-7-15-45(41)53(55)54-46-16-8-6-14-42(46)34-48(56(54)62-4-2)40-25-21-38(22-26-40)44-28-30-52(60-36-44)50-18-10-12-32-58-50/h5-36H,3-4H2,1-2H3. The summed E-state index contributed by atoms with van der Waals surface area (Å²) in [7, 11) is 0. The molecule has 4 heterocycles. The minimum atomic E-state index is 0.492. The zero-order valence-corrected chi connectivity index (χ0v) is 34.5. The molecule has 0 fully saturated rings. The van der Waals surface area contributed by atoms with Crippen molar-refractivity contribution in [2.45, 2.75) is 13.8 Å². The van der Waals surface area contributed by atoms with E-state index in [0.717, 1.165) is 111 Å². The predicted octanol–water partition coefficient (Wildman–Crippen LogP) is 14.0. The number of rotatable bonds is 11. The Hall–Kier alpha value is -7.96. The van der Waals surface area contributed by atoms with Crippen LogP contribution < -0.4 is 9.47 Å². The summed E-state index contributed by atoms with van der Waals surface area (Å²) in [4.78, 5) is 18.4. The second kappa shape index (κ2) is 17.0. The van der Waals surface area contributed by atoms with Gasteiger partial charge in [-0.2, -0.15) is 0 Å². The maximum Gasteiger partial charge on any atom is 0.135 e. The summed E-state index contributed by atoms with van der Waals surface area (Å²) < 4.78 is 13.6. The Bertz CT molecular complexity index is 2940. The smallest absolute Gasteiger partial charge is 0.135 e. The van der Waals surface area contributed by atoms with Crippen molar-refractivity contribution in [3.8, 4) is 89.9 Å². The number of ether oxygens (including phenoxy) is 2. The number of benzene rings is 6. The zero-order chi connectivity index (χ0) is 41.8. The number of aromatic nitrogens is 4. The molecule has 10 rings (SSSR count). The van der Waals surface area contributed by atoms with Gasteiger partial charge in [0.25, 0.3) is 0 Å². The van der Waals surface area contributed by atoms with Gasteiger partial charge >= 0.3 is 0 Å². The summed E-state index contributed by atoms with van der Waals surface area (Å²) in [6, 6.07) is 59.0. The van der Waals surface area contributed by atoms with Gasteiger partial charge < -0.3 is 9.47 Å². The molecule has 0 bridgehead atoms. The van der Waals surface area contributed by atoms with Crippen molar-refractivity contribution in [3.05, 3.63) is 195 Å². The Kier molecular flexibility index (Phi) is 10.5. The number of fused-ring (bicyclic) bond motifs is 2. The molecule has 0 unspecified atom stereocenters. The largest absolute Gasteiger partial charge is 0.493 e. The van der Waals surface area contributed by atoms with Crippen LogP contribution in [-0.2, 0) is 0 Å². The Morgan fingerprint density at radius 2 is 0.726 bits per heavy atom. The monoisotopic (exact) mass is 802 g/mol. The lowest BCUT2D eigenvalue weighted by Gasteiger charge is -2.24. The SMILES string of the molecule is CCOc1c(-c2ccc(-c3ccc(-c4ccccn4)nc3)cc2)cc2ccccc2c1-c1c(OCC)c(-c2ccc(-c3ccc(-c4ccccn4)nc3)cc2)cc2ccccc12. The Labute approximate surface area is 361 Å². The van der Waals surface area contributed by atoms with E-state index in [-0.39, 0.29) is 0 Å². The highest BCUT2D eigenvalue weighted by Crippen LogP contribution is 2.52. The second-order valence-electron chi connectivity index (χ2n) is 15.0. The molecule has 0 saturated heterocycles. The van der Waals surface area contributed by atoms with E-state index < -0.39 is 0 Å². The minimum absolute atomic E-state index is 0.492. The fourth-order valence-electron chi connectivity index (χ4n) is 8.32. The maximum absolute atomic E-state index is 6.80. The lowest BCUT2D eigenvalue weighted by atomic mass is 9.86. The molecular weight excluding hydrogens is 761 g/mol. The molecule has 298 valence electrons. The van der Waals surface area contributed by atoms with E-state index in [0.29, 0.717) is 13.2 Å². The third kappa shape index (κ3) is 7.33. The van der Waals surface area contributed by atoms with Gasteiger partial charge in [0.1, 0.15) is 11.5 Å². The molecule has 0 atom stereocenters. The third-order valence-electron chi connectivity index (χ3n) is 11.3. The molecular formula is C56H42N4O2. The second-order valence-corrected chi connectivity index (χ2v) is 15.0. The molecule has 6 aromatic carbocycles. The molecule has 4 aromatic heterocycles. The Morgan fingerprint density at radius 3 is 1.10 bits per heavy atom. The molecule has 0 spiro atoms. The van der Waals surface area contributed by atoms with Gasteiger partial charge in [0.15, 0.2) is 0 Å². The fourth-order valence-corrected chi connectivity index (χ4v) is 8.32. The highest BCUT2D eigenvalue weighted by atomic mass is 16.5. The van der Waals surface area contributed by atoms with Gasteiger partial charge in [0, 0.05) is 58.2 Å². The normalized spacial score (nSPS) is 11.2. The van der Waals surface area contributed by atoms with Gasteiger partial charge in [0.2, 0.25) is 0 Å². The summed E-state index contributed by atoms with van der Waals surface area (Å²) in [6.45, 7) is 5.08. The maximum atomic E-state index is 6.80. The van der Waals surface area contributed by atoms with Crippen molar-refractivity contribution in [2.75, 3.05) is 13.2 Å². The molecule has 6 heteroatoms. The third-order valence-corrected chi connectivity index (χ3v) is 11.3. The van der Waals surface area contributed by atoms with Gasteiger partial charge in [-0.05, 0) is 106 Å². The quantitative estimate of drug-likeness (QED) is 0.130. The van der Waals surface area contributed by atoms with Gasteiger partial charge in [-0.1, -0.05) is 121 Å². The van der Waals surface area contributed by atoms with Crippen LogP contribution in [0.2, 0.25) is 0 Å². The summed E-state index contributed by atoms with van der Waals surface area (Å²) in [6.07, 6.45) is 7.41. The summed E-state index contributed by atoms with van der Waals surface area (Å²) in [5, 5.41) is 4.41. The molecule has 62 heavy (non-hydrogen) atoms. The van der Waals surface area contributed by atoms with Crippen LogP contribution in [0.4, 0.5) is 0 Å². The summed E-state index contributed by atoms with van der Waals surface area (Å²) >= 11 is 0. The van der Waals surface area contributed by atoms with Gasteiger partial charge in [-0.15, -0.1) is 0 Å². The van der Waals surface area contributed by atoms with Gasteiger partial charge in [0.05, 0.1) is 36.0 Å². The van der Waals surface area contributed by atoms with Crippen molar-refractivity contribution >= 4 is 21.5 Å². The van der Waals surface area contributed by atoms with Crippen molar-refractivity contribution in [2.24, 2.45) is 0 Å². The number of pyridine rings is 4. The molecule has 0 N–H and O–H groups in total. The van der Waals surface area contributed by atoms with E-state index in [1.807, 2.05) is 60.9 Å². The molecule has 0 aliphatic carbocycles. The molecule has 0 amide bonds. The van der Waals surface area contributed by atoms with Crippen LogP contribution >= 0.6 is 0 Å². The first-order valence-electron chi connectivity index (χ1n) is 21.0. The van der Waals surface area contributed by atoms with Gasteiger partial charge in [-0.25, -0.2) is 0 Å². The highest BCUT2D eigenvalue weighted by Gasteiger charge is 2.25. The molecule has 0 aliphatic heterocycles. The molecule has 0 radical (unpaired) electrons. The minimum Gasteiger partial charge on any atom is -0.493 e. The van der Waals surface area contributed by atoms with Crippen molar-refractivity contribution < 1.29 is 9.47 Å². The first-order chi connectivity index (χ1) is 30.7. The van der Waals surface area contributed by atoms with Crippen LogP contribution in [-0.4, -0.2) is 33.1 Å². The summed E-state index contributed by atoms with van der Waals surface area (Å²) in [5.41, 5.74) is 13.8. The number of nitrogens with zero attached hydrogens (tertiary/aromatic N) is 4. The van der Waals surface area contributed by atoms with Crippen molar-refractivity contribution in [1.29, 1.82) is 0 Å². The van der Waals surface area contributed by atoms with Crippen LogP contribution in [0.15, 0.2) is 195 Å². The van der Waals surface area contributed by atoms with E-state index in [9.17, 15) is 0 Å². The van der Waals surface area contributed by atoms with Crippen LogP contribution in [0.25, 0.3) is 100.0 Å². The average Bonchev–Trinajstić information content (AvgIpc) is 3.35. The first-order valence-corrected chi connectivity index (χ1v) is 21.0. The number of hydrogen-bond donors (Lipinski definition) is 0. The molecule has 10 aromatic rings. The lowest BCUT2D eigenvalue weighted by molar-refractivity contribution is 0.338. The van der Waals surface area contributed by atoms with E-state index >= 15 is 0 Å². The van der Waals surface area contributed by atoms with Crippen LogP contribution in [0, 0.1) is 0 Å². The topological polar surface area (TPSA) is 70.0 Å². The first kappa shape index (κ1) is 38.3. The average molecular weight is 803 g/mol. The van der Waals surface area contributed by atoms with Crippen molar-refractivity contribution in [1.82, 2.24) is 19.9 Å². The predicted molar refractivity (Wildman–Crippen MR) is 253 cm³/mol. The molecule has 0 saturated carbocycles. The fraction of sp³-hybridized carbons (Fsp3) is 0.0714. The zero-order valence-electron chi connectivity index (χ0n) is 34.5. The van der Waals surface area contributed by atoms with Crippen LogP contribution in [0.5, 0.6) is 11.5 Å². The highest BCUT2D eigenvalue weighted by molar-refractivity contribution is 6.14. The van der Waals surface area contributed by atoms with E-state index in [4.69, 9.17) is 19.4 Å². The van der Waals surface area contributed by atoms with E-state index in [2.05, 4.69) is 145 Å². The van der Waals surface area contributed by atoms with Crippen LogP contribution in [0.3, 0.4) is 0 Å². The molecule has 6 nitrogen and oxygen atoms in total. The van der Waals surface area contributed by atoms with E-state index in [1.165, 1.54) is 0 Å². The summed E-state index contributed by atoms with van der Waals surface area (Å²) in [5.74, 6) is 1.64.